The second kappa shape index (κ2) is 7.54. The average Bonchev–Trinajstić information content (AvgIpc) is 2.78. The minimum Gasteiger partial charge on any atom is -0.481 e. The van der Waals surface area contributed by atoms with Gasteiger partial charge in [-0.1, -0.05) is 47.6 Å². The van der Waals surface area contributed by atoms with Gasteiger partial charge in [-0.05, 0) is 89.7 Å². The fraction of sp³-hybridized carbons (Fsp3) is 0.800. The highest BCUT2D eigenvalue weighted by Crippen LogP contribution is 2.74. The zero-order valence-electron chi connectivity index (χ0n) is 22.7. The third-order valence-corrected chi connectivity index (χ3v) is 12.3. The second-order valence-electron chi connectivity index (χ2n) is 14.6. The van der Waals surface area contributed by atoms with Crippen molar-refractivity contribution in [2.24, 2.45) is 44.3 Å². The van der Waals surface area contributed by atoms with Crippen LogP contribution in [0.3, 0.4) is 0 Å². The number of aliphatic hydroxyl groups is 3. The average molecular weight is 501 g/mol. The van der Waals surface area contributed by atoms with Crippen LogP contribution in [-0.4, -0.2) is 51.0 Å². The van der Waals surface area contributed by atoms with Crippen molar-refractivity contribution in [2.45, 2.75) is 98.7 Å². The van der Waals surface area contributed by atoms with Gasteiger partial charge in [-0.25, -0.2) is 0 Å². The molecule has 5 aliphatic rings. The van der Waals surface area contributed by atoms with Gasteiger partial charge in [0.2, 0.25) is 0 Å². The lowest BCUT2D eigenvalue weighted by atomic mass is 9.34. The van der Waals surface area contributed by atoms with Crippen LogP contribution in [0, 0.1) is 44.3 Å². The number of fused-ring (bicyclic) bond motifs is 7. The highest BCUT2D eigenvalue weighted by atomic mass is 16.4. The van der Waals surface area contributed by atoms with Crippen molar-refractivity contribution in [2.75, 3.05) is 6.61 Å². The van der Waals surface area contributed by atoms with E-state index in [-0.39, 0.29) is 35.1 Å². The Labute approximate surface area is 214 Å². The molecule has 0 amide bonds. The summed E-state index contributed by atoms with van der Waals surface area (Å²) in [6.45, 7) is 12.4. The summed E-state index contributed by atoms with van der Waals surface area (Å²) in [5, 5.41) is 42.7. The largest absolute Gasteiger partial charge is 0.481 e. The van der Waals surface area contributed by atoms with Crippen LogP contribution in [0.2, 0.25) is 0 Å². The van der Waals surface area contributed by atoms with Crippen LogP contribution in [0.4, 0.5) is 0 Å². The molecule has 0 heterocycles. The van der Waals surface area contributed by atoms with E-state index in [9.17, 15) is 30.0 Å². The number of carboxylic acid groups (broad SMARTS) is 1. The number of aliphatic hydroxyl groups excluding tert-OH is 3. The molecule has 5 rings (SSSR count). The molecule has 0 aromatic carbocycles. The lowest BCUT2D eigenvalue weighted by molar-refractivity contribution is -0.236. The molecule has 6 nitrogen and oxygen atoms in total. The maximum Gasteiger partial charge on any atom is 0.314 e. The van der Waals surface area contributed by atoms with Crippen molar-refractivity contribution in [1.29, 1.82) is 0 Å². The van der Waals surface area contributed by atoms with Gasteiger partial charge in [0.05, 0.1) is 24.2 Å². The van der Waals surface area contributed by atoms with Crippen LogP contribution in [0.25, 0.3) is 0 Å². The third kappa shape index (κ3) is 2.95. The van der Waals surface area contributed by atoms with E-state index in [0.29, 0.717) is 25.7 Å². The first-order chi connectivity index (χ1) is 16.5. The maximum absolute atomic E-state index is 14.2. The fourth-order valence-corrected chi connectivity index (χ4v) is 9.98. The van der Waals surface area contributed by atoms with Gasteiger partial charge in [0.1, 0.15) is 0 Å². The third-order valence-electron chi connectivity index (χ3n) is 12.3. The Morgan fingerprint density at radius 3 is 2.22 bits per heavy atom. The van der Waals surface area contributed by atoms with Crippen LogP contribution >= 0.6 is 0 Å². The number of allylic oxidation sites excluding steroid dienone is 3. The van der Waals surface area contributed by atoms with Gasteiger partial charge in [0.15, 0.2) is 5.78 Å². The monoisotopic (exact) mass is 500 g/mol. The molecule has 0 aromatic rings. The molecule has 5 aliphatic carbocycles. The van der Waals surface area contributed by atoms with Crippen LogP contribution in [-0.2, 0) is 9.59 Å². The molecule has 0 aliphatic heterocycles. The van der Waals surface area contributed by atoms with Crippen molar-refractivity contribution < 1.29 is 30.0 Å². The smallest absolute Gasteiger partial charge is 0.314 e. The van der Waals surface area contributed by atoms with Crippen LogP contribution < -0.4 is 0 Å². The highest BCUT2D eigenvalue weighted by molar-refractivity contribution is 5.97. The molecule has 0 saturated heterocycles. The molecule has 3 fully saturated rings. The number of ketones is 1. The summed E-state index contributed by atoms with van der Waals surface area (Å²) in [5.41, 5.74) is -1.60. The van der Waals surface area contributed by atoms with Crippen molar-refractivity contribution >= 4 is 11.8 Å². The molecule has 0 bridgehead atoms. The normalized spacial score (nSPS) is 51.6. The number of hydrogen-bond acceptors (Lipinski definition) is 5. The first kappa shape index (κ1) is 26.1. The summed E-state index contributed by atoms with van der Waals surface area (Å²) in [7, 11) is 0. The summed E-state index contributed by atoms with van der Waals surface area (Å²) in [6.07, 6.45) is 6.32. The summed E-state index contributed by atoms with van der Waals surface area (Å²) < 4.78 is 0. The quantitative estimate of drug-likeness (QED) is 0.450. The summed E-state index contributed by atoms with van der Waals surface area (Å²) in [5.74, 6) is -1.26. The number of carboxylic acids is 1. The molecule has 0 spiro atoms. The van der Waals surface area contributed by atoms with Crippen LogP contribution in [0.15, 0.2) is 23.3 Å². The Balaban J connectivity index is 1.70. The predicted octanol–water partition coefficient (Wildman–Crippen LogP) is 4.28. The van der Waals surface area contributed by atoms with E-state index in [0.717, 1.165) is 30.4 Å². The van der Waals surface area contributed by atoms with E-state index in [4.69, 9.17) is 0 Å². The van der Waals surface area contributed by atoms with Gasteiger partial charge in [-0.2, -0.15) is 0 Å². The molecule has 9 atom stereocenters. The standard InChI is InChI=1S/C30H44O6/c1-25(2)9-11-30(24(35)36)12-10-28(5)17(18(30)14-25)13-19(32)22-26(3)15-20(33)23(34)27(4,16-31)21(26)7-8-29(22,28)6/h13-14,20-23,31,33-34H,7-12,15-16H2,1-6H3,(H,35,36)/t20-,21-,22-,23+,26+,27+,28-,29-,30+/m1/s1. The molecule has 6 heteroatoms. The molecular formula is C30H44O6. The second-order valence-corrected chi connectivity index (χ2v) is 14.6. The number of carbonyl (C=O) groups is 2. The van der Waals surface area contributed by atoms with E-state index in [1.165, 1.54) is 0 Å². The van der Waals surface area contributed by atoms with Gasteiger partial charge in [-0.3, -0.25) is 9.59 Å². The van der Waals surface area contributed by atoms with E-state index in [1.54, 1.807) is 6.08 Å². The maximum atomic E-state index is 14.2. The fourth-order valence-electron chi connectivity index (χ4n) is 9.98. The SMILES string of the molecule is CC1(C)C=C2C3=CC(=O)[C@@H]4[C@@]5(C)C[C@@H](O)[C@H](O)[C@@](C)(CO)[C@@H]5CC[C@@]4(C)[C@]3(C)CC[C@@]2(C(=O)O)CC1. The van der Waals surface area contributed by atoms with Gasteiger partial charge in [0.25, 0.3) is 0 Å². The molecule has 0 radical (unpaired) electrons. The van der Waals surface area contributed by atoms with E-state index in [2.05, 4.69) is 40.7 Å². The molecule has 3 saturated carbocycles. The van der Waals surface area contributed by atoms with Crippen LogP contribution in [0.1, 0.15) is 86.5 Å². The molecule has 200 valence electrons. The van der Waals surface area contributed by atoms with Gasteiger partial charge in [0, 0.05) is 11.3 Å². The molecule has 4 N–H and O–H groups in total. The Bertz CT molecular complexity index is 1070. The lowest BCUT2D eigenvalue weighted by Gasteiger charge is -2.69. The van der Waals surface area contributed by atoms with E-state index < -0.39 is 39.8 Å². The van der Waals surface area contributed by atoms with Gasteiger partial charge in [-0.15, -0.1) is 0 Å². The number of carbonyl (C=O) groups excluding carboxylic acids is 1. The van der Waals surface area contributed by atoms with Crippen molar-refractivity contribution in [3.05, 3.63) is 23.3 Å². The number of hydrogen-bond donors (Lipinski definition) is 4. The zero-order valence-corrected chi connectivity index (χ0v) is 22.7. The van der Waals surface area contributed by atoms with Crippen LogP contribution in [0.5, 0.6) is 0 Å². The number of rotatable bonds is 2. The molecular weight excluding hydrogens is 456 g/mol. The topological polar surface area (TPSA) is 115 Å². The van der Waals surface area contributed by atoms with E-state index >= 15 is 0 Å². The number of aliphatic carboxylic acids is 1. The first-order valence-corrected chi connectivity index (χ1v) is 13.7. The zero-order chi connectivity index (χ0) is 26.7. The molecule has 0 aromatic heterocycles. The Morgan fingerprint density at radius 2 is 1.61 bits per heavy atom. The summed E-state index contributed by atoms with van der Waals surface area (Å²) in [6, 6.07) is 0. The van der Waals surface area contributed by atoms with E-state index in [1.807, 2.05) is 6.92 Å². The van der Waals surface area contributed by atoms with Crippen molar-refractivity contribution in [1.82, 2.24) is 0 Å². The summed E-state index contributed by atoms with van der Waals surface area (Å²) >= 11 is 0. The minimum absolute atomic E-state index is 0.00604. The Kier molecular flexibility index (Phi) is 5.47. The van der Waals surface area contributed by atoms with Crippen molar-refractivity contribution in [3.63, 3.8) is 0 Å². The van der Waals surface area contributed by atoms with Crippen molar-refractivity contribution in [3.8, 4) is 0 Å². The highest BCUT2D eigenvalue weighted by Gasteiger charge is 2.71. The molecule has 36 heavy (non-hydrogen) atoms. The Hall–Kier alpha value is -1.50. The molecule has 0 unspecified atom stereocenters. The van der Waals surface area contributed by atoms with Gasteiger partial charge < -0.3 is 20.4 Å². The predicted molar refractivity (Wildman–Crippen MR) is 136 cm³/mol. The first-order valence-electron chi connectivity index (χ1n) is 13.7. The lowest BCUT2D eigenvalue weighted by Crippen LogP contribution is -2.69. The Morgan fingerprint density at radius 1 is 0.972 bits per heavy atom. The minimum atomic E-state index is -1.04. The summed E-state index contributed by atoms with van der Waals surface area (Å²) in [4.78, 5) is 27.0. The van der Waals surface area contributed by atoms with Gasteiger partial charge >= 0.3 is 5.97 Å².